The lowest BCUT2D eigenvalue weighted by atomic mass is 10.1. The number of nitrogens with zero attached hydrogens (tertiary/aromatic N) is 3. The van der Waals surface area contributed by atoms with E-state index in [-0.39, 0.29) is 11.8 Å². The molecule has 2 amide bonds. The van der Waals surface area contributed by atoms with Gasteiger partial charge in [-0.15, -0.1) is 0 Å². The van der Waals surface area contributed by atoms with Crippen molar-refractivity contribution in [1.29, 1.82) is 0 Å². The molecule has 0 aliphatic carbocycles. The Morgan fingerprint density at radius 1 is 1.33 bits per heavy atom. The standard InChI is InChI=1S/C20H20BrClN6O2/c21-13-11-25-28-17(10-16(27-19(13)28)12-4-1-2-5-14(12)22)23-8-3-9-24-20(30)15-6-7-18(29)26-15/h1-2,4-5,10-11,15,23H,3,6-9H2,(H,24,30)(H,26,29). The van der Waals surface area contributed by atoms with Gasteiger partial charge in [0.25, 0.3) is 0 Å². The summed E-state index contributed by atoms with van der Waals surface area (Å²) < 4.78 is 2.50. The van der Waals surface area contributed by atoms with E-state index in [9.17, 15) is 9.59 Å². The summed E-state index contributed by atoms with van der Waals surface area (Å²) in [7, 11) is 0. The molecule has 1 unspecified atom stereocenters. The normalized spacial score (nSPS) is 15.9. The Bertz CT molecular complexity index is 1100. The zero-order valence-corrected chi connectivity index (χ0v) is 18.3. The Hall–Kier alpha value is -2.65. The van der Waals surface area contributed by atoms with Crippen LogP contribution in [0.4, 0.5) is 5.82 Å². The molecule has 4 rings (SSSR count). The van der Waals surface area contributed by atoms with Crippen LogP contribution < -0.4 is 16.0 Å². The van der Waals surface area contributed by atoms with E-state index in [1.165, 1.54) is 0 Å². The van der Waals surface area contributed by atoms with Crippen LogP contribution in [-0.4, -0.2) is 45.5 Å². The monoisotopic (exact) mass is 490 g/mol. The van der Waals surface area contributed by atoms with Gasteiger partial charge in [0.05, 0.1) is 16.4 Å². The van der Waals surface area contributed by atoms with Gasteiger partial charge in [0.2, 0.25) is 11.8 Å². The van der Waals surface area contributed by atoms with E-state index >= 15 is 0 Å². The van der Waals surface area contributed by atoms with Gasteiger partial charge in [-0.1, -0.05) is 29.8 Å². The van der Waals surface area contributed by atoms with Crippen LogP contribution in [0.5, 0.6) is 0 Å². The van der Waals surface area contributed by atoms with Crippen molar-refractivity contribution in [3.63, 3.8) is 0 Å². The maximum Gasteiger partial charge on any atom is 0.242 e. The van der Waals surface area contributed by atoms with Crippen molar-refractivity contribution < 1.29 is 9.59 Å². The number of nitrogens with one attached hydrogen (secondary N) is 3. The molecule has 1 atom stereocenters. The molecule has 1 aliphatic heterocycles. The van der Waals surface area contributed by atoms with Crippen LogP contribution >= 0.6 is 27.5 Å². The van der Waals surface area contributed by atoms with Crippen LogP contribution in [0.2, 0.25) is 5.02 Å². The van der Waals surface area contributed by atoms with Gasteiger partial charge in [0, 0.05) is 36.2 Å². The van der Waals surface area contributed by atoms with Gasteiger partial charge in [-0.2, -0.15) is 9.61 Å². The van der Waals surface area contributed by atoms with E-state index < -0.39 is 6.04 Å². The van der Waals surface area contributed by atoms with Gasteiger partial charge >= 0.3 is 0 Å². The lowest BCUT2D eigenvalue weighted by Gasteiger charge is -2.13. The number of rotatable bonds is 7. The number of aromatic nitrogens is 3. The van der Waals surface area contributed by atoms with Crippen molar-refractivity contribution in [2.75, 3.05) is 18.4 Å². The molecule has 3 aromatic rings. The minimum absolute atomic E-state index is 0.0711. The lowest BCUT2D eigenvalue weighted by Crippen LogP contribution is -2.42. The first-order chi connectivity index (χ1) is 14.5. The van der Waals surface area contributed by atoms with Gasteiger partial charge in [0.15, 0.2) is 5.65 Å². The van der Waals surface area contributed by atoms with E-state index in [2.05, 4.69) is 42.0 Å². The average Bonchev–Trinajstić information content (AvgIpc) is 3.34. The van der Waals surface area contributed by atoms with E-state index in [1.54, 1.807) is 10.7 Å². The predicted octanol–water partition coefficient (Wildman–Crippen LogP) is 3.01. The molecule has 0 saturated carbocycles. The molecular weight excluding hydrogens is 472 g/mol. The van der Waals surface area contributed by atoms with Gasteiger partial charge < -0.3 is 16.0 Å². The number of anilines is 1. The van der Waals surface area contributed by atoms with Gasteiger partial charge in [0.1, 0.15) is 11.9 Å². The number of carbonyl (C=O) groups is 2. The maximum atomic E-state index is 12.0. The minimum atomic E-state index is -0.412. The van der Waals surface area contributed by atoms with Crippen molar-refractivity contribution in [3.8, 4) is 11.3 Å². The fraction of sp³-hybridized carbons (Fsp3) is 0.300. The summed E-state index contributed by atoms with van der Waals surface area (Å²) in [5.41, 5.74) is 2.26. The fourth-order valence-electron chi connectivity index (χ4n) is 3.32. The van der Waals surface area contributed by atoms with Gasteiger partial charge in [-0.05, 0) is 34.8 Å². The molecule has 8 nitrogen and oxygen atoms in total. The Morgan fingerprint density at radius 2 is 2.17 bits per heavy atom. The molecule has 156 valence electrons. The molecule has 1 fully saturated rings. The Labute approximate surface area is 186 Å². The fourth-order valence-corrected chi connectivity index (χ4v) is 3.90. The molecule has 1 saturated heterocycles. The van der Waals surface area contributed by atoms with Crippen molar-refractivity contribution in [2.45, 2.75) is 25.3 Å². The lowest BCUT2D eigenvalue weighted by molar-refractivity contribution is -0.125. The number of hydrogen-bond acceptors (Lipinski definition) is 5. The Kier molecular flexibility index (Phi) is 6.19. The second kappa shape index (κ2) is 9.01. The molecule has 3 heterocycles. The predicted molar refractivity (Wildman–Crippen MR) is 118 cm³/mol. The summed E-state index contributed by atoms with van der Waals surface area (Å²) in [6.07, 6.45) is 3.36. The number of halogens is 2. The Morgan fingerprint density at radius 3 is 2.93 bits per heavy atom. The summed E-state index contributed by atoms with van der Waals surface area (Å²) in [5, 5.41) is 13.9. The van der Waals surface area contributed by atoms with E-state index in [0.717, 1.165) is 21.5 Å². The van der Waals surface area contributed by atoms with Gasteiger partial charge in [-0.3, -0.25) is 9.59 Å². The highest BCUT2D eigenvalue weighted by molar-refractivity contribution is 9.10. The molecule has 3 N–H and O–H groups in total. The summed E-state index contributed by atoms with van der Waals surface area (Å²) in [5.74, 6) is 0.567. The zero-order chi connectivity index (χ0) is 21.1. The van der Waals surface area contributed by atoms with Crippen molar-refractivity contribution >= 4 is 50.8 Å². The number of amides is 2. The van der Waals surface area contributed by atoms with E-state index in [0.29, 0.717) is 43.0 Å². The van der Waals surface area contributed by atoms with E-state index in [1.807, 2.05) is 30.3 Å². The third-order valence-electron chi connectivity index (χ3n) is 4.85. The van der Waals surface area contributed by atoms with Crippen molar-refractivity contribution in [1.82, 2.24) is 25.2 Å². The molecule has 10 heteroatoms. The van der Waals surface area contributed by atoms with Crippen LogP contribution in [0.25, 0.3) is 16.9 Å². The molecule has 1 aromatic carbocycles. The van der Waals surface area contributed by atoms with Crippen molar-refractivity contribution in [2.24, 2.45) is 0 Å². The summed E-state index contributed by atoms with van der Waals surface area (Å²) in [6, 6.07) is 9.04. The van der Waals surface area contributed by atoms with Crippen LogP contribution in [-0.2, 0) is 9.59 Å². The summed E-state index contributed by atoms with van der Waals surface area (Å²) in [4.78, 5) is 28.0. The molecule has 2 aromatic heterocycles. The quantitative estimate of drug-likeness (QED) is 0.441. The molecule has 0 spiro atoms. The summed E-state index contributed by atoms with van der Waals surface area (Å²) >= 11 is 9.84. The third-order valence-corrected chi connectivity index (χ3v) is 5.74. The first-order valence-corrected chi connectivity index (χ1v) is 10.8. The van der Waals surface area contributed by atoms with E-state index in [4.69, 9.17) is 11.6 Å². The number of benzene rings is 1. The Balaban J connectivity index is 1.42. The highest BCUT2D eigenvalue weighted by Gasteiger charge is 2.26. The first-order valence-electron chi connectivity index (χ1n) is 9.63. The zero-order valence-electron chi connectivity index (χ0n) is 16.0. The highest BCUT2D eigenvalue weighted by atomic mass is 79.9. The van der Waals surface area contributed by atoms with Crippen LogP contribution in [0, 0.1) is 0 Å². The molecule has 30 heavy (non-hydrogen) atoms. The maximum absolute atomic E-state index is 12.0. The second-order valence-corrected chi connectivity index (χ2v) is 8.23. The molecule has 1 aliphatic rings. The smallest absolute Gasteiger partial charge is 0.242 e. The number of fused-ring (bicyclic) bond motifs is 1. The molecule has 0 radical (unpaired) electrons. The second-order valence-electron chi connectivity index (χ2n) is 6.96. The molecule has 0 bridgehead atoms. The average molecular weight is 492 g/mol. The van der Waals surface area contributed by atoms with Crippen LogP contribution in [0.15, 0.2) is 41.0 Å². The summed E-state index contributed by atoms with van der Waals surface area (Å²) in [6.45, 7) is 1.13. The van der Waals surface area contributed by atoms with Gasteiger partial charge in [-0.25, -0.2) is 4.98 Å². The largest absolute Gasteiger partial charge is 0.370 e. The molecular formula is C20H20BrClN6O2. The third kappa shape index (κ3) is 4.41. The topological polar surface area (TPSA) is 100 Å². The highest BCUT2D eigenvalue weighted by Crippen LogP contribution is 2.30. The first kappa shape index (κ1) is 20.6. The minimum Gasteiger partial charge on any atom is -0.370 e. The number of carbonyl (C=O) groups excluding carboxylic acids is 2. The van der Waals surface area contributed by atoms with Crippen LogP contribution in [0.3, 0.4) is 0 Å². The van der Waals surface area contributed by atoms with Crippen LogP contribution in [0.1, 0.15) is 19.3 Å². The van der Waals surface area contributed by atoms with Crippen molar-refractivity contribution in [3.05, 3.63) is 46.0 Å². The number of hydrogen-bond donors (Lipinski definition) is 3. The SMILES string of the molecule is O=C1CCC(C(=O)NCCCNc2cc(-c3ccccc3Cl)nc3c(Br)cnn23)N1.